The number of amides is 1. The zero-order chi connectivity index (χ0) is 15.1. The number of nitrogens with one attached hydrogen (secondary N) is 1. The van der Waals surface area contributed by atoms with Crippen LogP contribution in [0.15, 0.2) is 24.3 Å². The quantitative estimate of drug-likeness (QED) is 0.830. The fraction of sp³-hybridized carbons (Fsp3) is 0.562. The third kappa shape index (κ3) is 4.60. The van der Waals surface area contributed by atoms with Gasteiger partial charge in [0, 0.05) is 26.3 Å². The van der Waals surface area contributed by atoms with E-state index in [-0.39, 0.29) is 18.3 Å². The number of nitrogens with two attached hydrogens (primary N) is 1. The second-order valence-corrected chi connectivity index (χ2v) is 5.45. The van der Waals surface area contributed by atoms with Gasteiger partial charge in [0.25, 0.3) is 0 Å². The summed E-state index contributed by atoms with van der Waals surface area (Å²) < 4.78 is 10.4. The molecule has 1 aliphatic rings. The fourth-order valence-corrected chi connectivity index (χ4v) is 2.59. The summed E-state index contributed by atoms with van der Waals surface area (Å²) in [5.74, 6) is 0.897. The number of benzene rings is 1. The molecule has 3 N–H and O–H groups in total. The van der Waals surface area contributed by atoms with Gasteiger partial charge in [-0.15, -0.1) is 12.4 Å². The Morgan fingerprint density at radius 1 is 1.32 bits per heavy atom. The molecule has 1 amide bonds. The first-order chi connectivity index (χ1) is 10.2. The van der Waals surface area contributed by atoms with Gasteiger partial charge >= 0.3 is 0 Å². The predicted molar refractivity (Wildman–Crippen MR) is 88.5 cm³/mol. The number of carbonyl (C=O) groups is 1. The molecule has 1 aliphatic heterocycles. The second-order valence-electron chi connectivity index (χ2n) is 5.45. The highest BCUT2D eigenvalue weighted by Crippen LogP contribution is 2.29. The molecule has 0 radical (unpaired) electrons. The molecule has 1 aromatic rings. The first kappa shape index (κ1) is 18.7. The lowest BCUT2D eigenvalue weighted by Gasteiger charge is -2.34. The smallest absolute Gasteiger partial charge is 0.227 e. The molecule has 1 heterocycles. The normalized spacial score (nSPS) is 16.5. The molecular weight excluding hydrogens is 304 g/mol. The van der Waals surface area contributed by atoms with Crippen LogP contribution in [0.25, 0.3) is 0 Å². The Balaban J connectivity index is 0.00000242. The fourth-order valence-electron chi connectivity index (χ4n) is 2.59. The molecule has 5 nitrogen and oxygen atoms in total. The van der Waals surface area contributed by atoms with Crippen LogP contribution >= 0.6 is 12.4 Å². The van der Waals surface area contributed by atoms with Crippen molar-refractivity contribution >= 4 is 18.3 Å². The van der Waals surface area contributed by atoms with E-state index in [1.54, 1.807) is 7.11 Å². The zero-order valence-corrected chi connectivity index (χ0v) is 13.8. The van der Waals surface area contributed by atoms with Crippen molar-refractivity contribution in [3.8, 4) is 5.75 Å². The van der Waals surface area contributed by atoms with Gasteiger partial charge in [-0.25, -0.2) is 0 Å². The Morgan fingerprint density at radius 2 is 1.95 bits per heavy atom. The van der Waals surface area contributed by atoms with Crippen molar-refractivity contribution in [3.05, 3.63) is 29.8 Å². The highest BCUT2D eigenvalue weighted by Gasteiger charge is 2.38. The van der Waals surface area contributed by atoms with Gasteiger partial charge in [0.1, 0.15) is 5.75 Å². The van der Waals surface area contributed by atoms with Crippen molar-refractivity contribution in [2.75, 3.05) is 33.4 Å². The number of hydrogen-bond donors (Lipinski definition) is 2. The summed E-state index contributed by atoms with van der Waals surface area (Å²) in [6.45, 7) is 2.23. The molecule has 0 atom stereocenters. The van der Waals surface area contributed by atoms with E-state index in [1.807, 2.05) is 24.3 Å². The van der Waals surface area contributed by atoms with Crippen LogP contribution in [0.2, 0.25) is 0 Å². The molecule has 0 saturated carbocycles. The summed E-state index contributed by atoms with van der Waals surface area (Å²) in [4.78, 5) is 12.4. The number of halogens is 1. The van der Waals surface area contributed by atoms with E-state index in [1.165, 1.54) is 5.56 Å². The summed E-state index contributed by atoms with van der Waals surface area (Å²) in [5, 5.41) is 3.02. The minimum absolute atomic E-state index is 0. The Hall–Kier alpha value is -1.30. The lowest BCUT2D eigenvalue weighted by molar-refractivity contribution is -0.135. The summed E-state index contributed by atoms with van der Waals surface area (Å²) in [6, 6.07) is 7.88. The van der Waals surface area contributed by atoms with Crippen molar-refractivity contribution in [2.24, 2.45) is 11.1 Å². The first-order valence-corrected chi connectivity index (χ1v) is 7.39. The molecule has 0 aliphatic carbocycles. The van der Waals surface area contributed by atoms with Crippen molar-refractivity contribution in [1.82, 2.24) is 5.32 Å². The molecule has 0 aromatic heterocycles. The average Bonchev–Trinajstić information content (AvgIpc) is 2.56. The molecule has 1 fully saturated rings. The van der Waals surface area contributed by atoms with Gasteiger partial charge in [-0.2, -0.15) is 0 Å². The minimum Gasteiger partial charge on any atom is -0.497 e. The van der Waals surface area contributed by atoms with Gasteiger partial charge in [-0.05, 0) is 37.0 Å². The van der Waals surface area contributed by atoms with Gasteiger partial charge < -0.3 is 20.5 Å². The van der Waals surface area contributed by atoms with Gasteiger partial charge in [-0.3, -0.25) is 4.79 Å². The Bertz CT molecular complexity index is 459. The molecular formula is C16H25ClN2O3. The van der Waals surface area contributed by atoms with E-state index < -0.39 is 5.41 Å². The van der Waals surface area contributed by atoms with E-state index in [9.17, 15) is 4.79 Å². The third-order valence-electron chi connectivity index (χ3n) is 4.18. The maximum absolute atomic E-state index is 12.4. The van der Waals surface area contributed by atoms with Crippen molar-refractivity contribution in [2.45, 2.75) is 19.3 Å². The van der Waals surface area contributed by atoms with E-state index in [4.69, 9.17) is 15.2 Å². The SMILES string of the molecule is COc1ccc(CCNC(=O)C2(CN)CCOCC2)cc1.Cl. The lowest BCUT2D eigenvalue weighted by atomic mass is 9.79. The molecule has 22 heavy (non-hydrogen) atoms. The lowest BCUT2D eigenvalue weighted by Crippen LogP contribution is -2.49. The van der Waals surface area contributed by atoms with Gasteiger partial charge in [0.15, 0.2) is 0 Å². The van der Waals surface area contributed by atoms with Gasteiger partial charge in [0.05, 0.1) is 12.5 Å². The van der Waals surface area contributed by atoms with Crippen molar-refractivity contribution in [1.29, 1.82) is 0 Å². The Labute approximate surface area is 138 Å². The number of methoxy groups -OCH3 is 1. The number of ether oxygens (including phenoxy) is 2. The molecule has 1 saturated heterocycles. The van der Waals surface area contributed by atoms with E-state index in [0.717, 1.165) is 12.2 Å². The number of carbonyl (C=O) groups excluding carboxylic acids is 1. The zero-order valence-electron chi connectivity index (χ0n) is 13.0. The summed E-state index contributed by atoms with van der Waals surface area (Å²) in [6.07, 6.45) is 2.21. The molecule has 0 spiro atoms. The van der Waals surface area contributed by atoms with Gasteiger partial charge in [0.2, 0.25) is 5.91 Å². The topological polar surface area (TPSA) is 73.6 Å². The van der Waals surface area contributed by atoms with Crippen LogP contribution in [-0.2, 0) is 16.0 Å². The standard InChI is InChI=1S/C16H24N2O3.ClH/c1-20-14-4-2-13(3-5-14)6-9-18-15(19)16(12-17)7-10-21-11-8-16;/h2-5H,6-12,17H2,1H3,(H,18,19);1H. The second kappa shape index (κ2) is 8.98. The van der Waals surface area contributed by atoms with Crippen molar-refractivity contribution < 1.29 is 14.3 Å². The predicted octanol–water partition coefficient (Wildman–Crippen LogP) is 1.53. The molecule has 2 rings (SSSR count). The maximum Gasteiger partial charge on any atom is 0.227 e. The number of rotatable bonds is 6. The van der Waals surface area contributed by atoms with Crippen LogP contribution in [-0.4, -0.2) is 39.3 Å². The number of hydrogen-bond acceptors (Lipinski definition) is 4. The van der Waals surface area contributed by atoms with Gasteiger partial charge in [-0.1, -0.05) is 12.1 Å². The summed E-state index contributed by atoms with van der Waals surface area (Å²) >= 11 is 0. The first-order valence-electron chi connectivity index (χ1n) is 7.39. The Kier molecular flexibility index (Phi) is 7.65. The highest BCUT2D eigenvalue weighted by molar-refractivity contribution is 5.85. The highest BCUT2D eigenvalue weighted by atomic mass is 35.5. The summed E-state index contributed by atoms with van der Waals surface area (Å²) in [5.41, 5.74) is 6.55. The van der Waals surface area contributed by atoms with Crippen LogP contribution in [0.3, 0.4) is 0 Å². The van der Waals surface area contributed by atoms with E-state index in [0.29, 0.717) is 39.1 Å². The van der Waals surface area contributed by atoms with Crippen LogP contribution in [0, 0.1) is 5.41 Å². The van der Waals surface area contributed by atoms with E-state index in [2.05, 4.69) is 5.32 Å². The van der Waals surface area contributed by atoms with E-state index >= 15 is 0 Å². The summed E-state index contributed by atoms with van der Waals surface area (Å²) in [7, 11) is 1.65. The van der Waals surface area contributed by atoms with Crippen LogP contribution in [0.5, 0.6) is 5.75 Å². The third-order valence-corrected chi connectivity index (χ3v) is 4.18. The molecule has 1 aromatic carbocycles. The minimum atomic E-state index is -0.446. The van der Waals surface area contributed by atoms with Crippen LogP contribution < -0.4 is 15.8 Å². The largest absolute Gasteiger partial charge is 0.497 e. The van der Waals surface area contributed by atoms with Crippen LogP contribution in [0.4, 0.5) is 0 Å². The van der Waals surface area contributed by atoms with Crippen molar-refractivity contribution in [3.63, 3.8) is 0 Å². The monoisotopic (exact) mass is 328 g/mol. The Morgan fingerprint density at radius 3 is 2.50 bits per heavy atom. The molecule has 0 unspecified atom stereocenters. The molecule has 6 heteroatoms. The molecule has 124 valence electrons. The average molecular weight is 329 g/mol. The maximum atomic E-state index is 12.4. The van der Waals surface area contributed by atoms with Crippen LogP contribution in [0.1, 0.15) is 18.4 Å². The molecule has 0 bridgehead atoms.